The Balaban J connectivity index is 1.74. The van der Waals surface area contributed by atoms with Crippen molar-refractivity contribution in [1.82, 2.24) is 10.2 Å². The number of hydrogen-bond donors (Lipinski definition) is 1. The van der Waals surface area contributed by atoms with Crippen LogP contribution >= 0.6 is 0 Å². The van der Waals surface area contributed by atoms with Crippen LogP contribution in [0.15, 0.2) is 18.2 Å². The molecule has 1 N–H and O–H groups in total. The third-order valence-electron chi connectivity index (χ3n) is 4.67. The van der Waals surface area contributed by atoms with Crippen LogP contribution in [0, 0.1) is 10.1 Å². The van der Waals surface area contributed by atoms with Crippen LogP contribution in [-0.2, 0) is 0 Å². The van der Waals surface area contributed by atoms with Crippen molar-refractivity contribution in [3.05, 3.63) is 28.3 Å². The highest BCUT2D eigenvalue weighted by Gasteiger charge is 2.30. The minimum absolute atomic E-state index is 0.0883. The molecule has 2 aliphatic heterocycles. The number of nitrogens with zero attached hydrogens (tertiary/aromatic N) is 3. The van der Waals surface area contributed by atoms with Gasteiger partial charge in [0, 0.05) is 38.8 Å². The molecular formula is C16H24N4O3. The molecule has 2 saturated heterocycles. The largest absolute Gasteiger partial charge is 0.487 e. The molecule has 2 aliphatic rings. The van der Waals surface area contributed by atoms with Crippen molar-refractivity contribution in [2.75, 3.05) is 50.8 Å². The van der Waals surface area contributed by atoms with E-state index in [2.05, 4.69) is 15.1 Å². The molecule has 0 radical (unpaired) electrons. The lowest BCUT2D eigenvalue weighted by Crippen LogP contribution is -2.51. The number of ether oxygens (including phenoxy) is 1. The third-order valence-corrected chi connectivity index (χ3v) is 4.67. The molecule has 7 nitrogen and oxygen atoms in total. The van der Waals surface area contributed by atoms with E-state index < -0.39 is 0 Å². The zero-order chi connectivity index (χ0) is 16.2. The Hall–Kier alpha value is -1.86. The molecule has 1 aromatic carbocycles. The van der Waals surface area contributed by atoms with E-state index in [1.807, 2.05) is 19.1 Å². The zero-order valence-electron chi connectivity index (χ0n) is 13.5. The first-order valence-electron chi connectivity index (χ1n) is 8.30. The van der Waals surface area contributed by atoms with Gasteiger partial charge >= 0.3 is 5.69 Å². The highest BCUT2D eigenvalue weighted by Crippen LogP contribution is 2.37. The average molecular weight is 320 g/mol. The number of hydrogen-bond acceptors (Lipinski definition) is 6. The maximum Gasteiger partial charge on any atom is 0.333 e. The number of nitro benzene ring substituents is 1. The second kappa shape index (κ2) is 7.14. The number of para-hydroxylation sites is 1. The lowest BCUT2D eigenvalue weighted by molar-refractivity contribution is -0.385. The minimum atomic E-state index is -0.326. The lowest BCUT2D eigenvalue weighted by atomic mass is 10.1. The van der Waals surface area contributed by atoms with E-state index in [0.29, 0.717) is 24.1 Å². The quantitative estimate of drug-likeness (QED) is 0.654. The molecule has 0 saturated carbocycles. The molecule has 0 bridgehead atoms. The molecule has 1 atom stereocenters. The predicted molar refractivity (Wildman–Crippen MR) is 89.3 cm³/mol. The average Bonchev–Trinajstić information content (AvgIpc) is 3.09. The summed E-state index contributed by atoms with van der Waals surface area (Å²) in [5, 5.41) is 14.9. The molecule has 7 heteroatoms. The summed E-state index contributed by atoms with van der Waals surface area (Å²) in [5.74, 6) is 0.359. The highest BCUT2D eigenvalue weighted by atomic mass is 16.6. The Kier molecular flexibility index (Phi) is 4.97. The van der Waals surface area contributed by atoms with Crippen LogP contribution in [0.5, 0.6) is 5.75 Å². The standard InChI is InChI=1S/C16H24N4O3/c1-2-23-15-5-3-4-14(16(15)20(21)22)19-10-8-18(9-11-19)13-6-7-17-12-13/h3-5,13,17H,2,6-12H2,1H3. The number of anilines is 1. The van der Waals surface area contributed by atoms with Gasteiger partial charge in [-0.25, -0.2) is 0 Å². The van der Waals surface area contributed by atoms with Crippen molar-refractivity contribution in [3.8, 4) is 5.75 Å². The molecule has 1 aromatic rings. The smallest absolute Gasteiger partial charge is 0.333 e. The number of benzene rings is 1. The fraction of sp³-hybridized carbons (Fsp3) is 0.625. The minimum Gasteiger partial charge on any atom is -0.487 e. The molecule has 1 unspecified atom stereocenters. The van der Waals surface area contributed by atoms with Gasteiger partial charge in [0.05, 0.1) is 11.5 Å². The summed E-state index contributed by atoms with van der Waals surface area (Å²) in [6.45, 7) is 7.93. The van der Waals surface area contributed by atoms with Gasteiger partial charge in [-0.15, -0.1) is 0 Å². The summed E-state index contributed by atoms with van der Waals surface area (Å²) in [6, 6.07) is 5.95. The van der Waals surface area contributed by atoms with Crippen LogP contribution in [-0.4, -0.2) is 61.7 Å². The number of piperazine rings is 1. The van der Waals surface area contributed by atoms with Crippen LogP contribution in [0.3, 0.4) is 0 Å². The van der Waals surface area contributed by atoms with Gasteiger partial charge < -0.3 is 15.0 Å². The normalized spacial score (nSPS) is 22.3. The zero-order valence-corrected chi connectivity index (χ0v) is 13.5. The molecule has 0 amide bonds. The van der Waals surface area contributed by atoms with Crippen molar-refractivity contribution in [1.29, 1.82) is 0 Å². The molecule has 0 aromatic heterocycles. The van der Waals surface area contributed by atoms with E-state index in [9.17, 15) is 10.1 Å². The van der Waals surface area contributed by atoms with Gasteiger partial charge in [0.2, 0.25) is 0 Å². The second-order valence-corrected chi connectivity index (χ2v) is 5.98. The van der Waals surface area contributed by atoms with Gasteiger partial charge in [-0.1, -0.05) is 6.07 Å². The maximum absolute atomic E-state index is 11.5. The second-order valence-electron chi connectivity index (χ2n) is 5.98. The van der Waals surface area contributed by atoms with E-state index >= 15 is 0 Å². The van der Waals surface area contributed by atoms with Crippen LogP contribution in [0.2, 0.25) is 0 Å². The molecule has 0 aliphatic carbocycles. The summed E-state index contributed by atoms with van der Waals surface area (Å²) in [5.41, 5.74) is 0.760. The van der Waals surface area contributed by atoms with Crippen molar-refractivity contribution < 1.29 is 9.66 Å². The number of nitrogens with one attached hydrogen (secondary N) is 1. The predicted octanol–water partition coefficient (Wildman–Crippen LogP) is 1.48. The summed E-state index contributed by atoms with van der Waals surface area (Å²) in [7, 11) is 0. The monoisotopic (exact) mass is 320 g/mol. The van der Waals surface area contributed by atoms with Gasteiger partial charge in [-0.2, -0.15) is 0 Å². The fourth-order valence-electron chi connectivity index (χ4n) is 3.50. The Labute approximate surface area is 136 Å². The lowest BCUT2D eigenvalue weighted by Gasteiger charge is -2.38. The van der Waals surface area contributed by atoms with Gasteiger partial charge in [0.25, 0.3) is 0 Å². The van der Waals surface area contributed by atoms with E-state index in [1.54, 1.807) is 6.07 Å². The van der Waals surface area contributed by atoms with E-state index in [1.165, 1.54) is 6.42 Å². The Morgan fingerprint density at radius 3 is 2.74 bits per heavy atom. The van der Waals surface area contributed by atoms with Gasteiger partial charge in [-0.3, -0.25) is 15.0 Å². The van der Waals surface area contributed by atoms with Crippen molar-refractivity contribution in [3.63, 3.8) is 0 Å². The third kappa shape index (κ3) is 3.40. The SMILES string of the molecule is CCOc1cccc(N2CCN(C3CCNC3)CC2)c1[N+](=O)[O-]. The fourth-order valence-corrected chi connectivity index (χ4v) is 3.50. The van der Waals surface area contributed by atoms with Crippen LogP contribution in [0.25, 0.3) is 0 Å². The van der Waals surface area contributed by atoms with Crippen LogP contribution < -0.4 is 15.0 Å². The molecular weight excluding hydrogens is 296 g/mol. The van der Waals surface area contributed by atoms with Gasteiger partial charge in [0.15, 0.2) is 5.75 Å². The summed E-state index contributed by atoms with van der Waals surface area (Å²) < 4.78 is 5.45. The summed E-state index contributed by atoms with van der Waals surface area (Å²) in [4.78, 5) is 15.8. The first kappa shape index (κ1) is 16.0. The molecule has 2 heterocycles. The Morgan fingerprint density at radius 2 is 2.13 bits per heavy atom. The topological polar surface area (TPSA) is 70.9 Å². The summed E-state index contributed by atoms with van der Waals surface area (Å²) in [6.07, 6.45) is 1.19. The summed E-state index contributed by atoms with van der Waals surface area (Å²) >= 11 is 0. The van der Waals surface area contributed by atoms with Crippen molar-refractivity contribution >= 4 is 11.4 Å². The molecule has 0 spiro atoms. The molecule has 3 rings (SSSR count). The van der Waals surface area contributed by atoms with Crippen molar-refractivity contribution in [2.24, 2.45) is 0 Å². The number of nitro groups is 1. The van der Waals surface area contributed by atoms with Crippen LogP contribution in [0.1, 0.15) is 13.3 Å². The van der Waals surface area contributed by atoms with Gasteiger partial charge in [0.1, 0.15) is 5.69 Å². The highest BCUT2D eigenvalue weighted by molar-refractivity contribution is 5.70. The Morgan fingerprint density at radius 1 is 1.35 bits per heavy atom. The maximum atomic E-state index is 11.5. The molecule has 2 fully saturated rings. The van der Waals surface area contributed by atoms with Gasteiger partial charge in [-0.05, 0) is 32.0 Å². The van der Waals surface area contributed by atoms with Crippen molar-refractivity contribution in [2.45, 2.75) is 19.4 Å². The van der Waals surface area contributed by atoms with E-state index in [4.69, 9.17) is 4.74 Å². The Bertz CT molecular complexity index is 552. The first-order chi connectivity index (χ1) is 11.2. The molecule has 126 valence electrons. The van der Waals surface area contributed by atoms with Crippen LogP contribution in [0.4, 0.5) is 11.4 Å². The first-order valence-corrected chi connectivity index (χ1v) is 8.30. The number of rotatable bonds is 5. The van der Waals surface area contributed by atoms with E-state index in [-0.39, 0.29) is 10.6 Å². The van der Waals surface area contributed by atoms with E-state index in [0.717, 1.165) is 39.3 Å². The molecule has 23 heavy (non-hydrogen) atoms.